The SMILES string of the molecule is NC(=NO)c1ncccc1COc1cccc(Cl)c1. The summed E-state index contributed by atoms with van der Waals surface area (Å²) in [5, 5.41) is 12.2. The Morgan fingerprint density at radius 2 is 2.21 bits per heavy atom. The maximum Gasteiger partial charge on any atom is 0.189 e. The second-order valence-corrected chi connectivity index (χ2v) is 4.18. The van der Waals surface area contributed by atoms with Crippen molar-refractivity contribution in [3.63, 3.8) is 0 Å². The van der Waals surface area contributed by atoms with Gasteiger partial charge in [-0.1, -0.05) is 28.9 Å². The number of amidine groups is 1. The fourth-order valence-corrected chi connectivity index (χ4v) is 1.73. The van der Waals surface area contributed by atoms with Crippen LogP contribution in [0, 0.1) is 0 Å². The molecular formula is C13H12ClN3O2. The second-order valence-electron chi connectivity index (χ2n) is 3.74. The number of ether oxygens (including phenoxy) is 1. The number of halogens is 1. The molecule has 0 unspecified atom stereocenters. The van der Waals surface area contributed by atoms with Gasteiger partial charge in [-0.05, 0) is 24.3 Å². The van der Waals surface area contributed by atoms with E-state index in [-0.39, 0.29) is 12.4 Å². The smallest absolute Gasteiger partial charge is 0.189 e. The molecule has 0 radical (unpaired) electrons. The molecule has 0 saturated carbocycles. The zero-order valence-electron chi connectivity index (χ0n) is 9.95. The fourth-order valence-electron chi connectivity index (χ4n) is 1.55. The van der Waals surface area contributed by atoms with Crippen LogP contribution in [0.4, 0.5) is 0 Å². The molecule has 2 aromatic rings. The maximum atomic E-state index is 8.70. The lowest BCUT2D eigenvalue weighted by Gasteiger charge is -2.09. The van der Waals surface area contributed by atoms with Crippen molar-refractivity contribution in [3.8, 4) is 5.75 Å². The molecule has 6 heteroatoms. The van der Waals surface area contributed by atoms with E-state index < -0.39 is 0 Å². The van der Waals surface area contributed by atoms with Gasteiger partial charge in [-0.25, -0.2) is 0 Å². The van der Waals surface area contributed by atoms with Gasteiger partial charge in [0, 0.05) is 16.8 Å². The van der Waals surface area contributed by atoms with Crippen LogP contribution in [0.25, 0.3) is 0 Å². The molecule has 98 valence electrons. The average molecular weight is 278 g/mol. The Hall–Kier alpha value is -2.27. The van der Waals surface area contributed by atoms with E-state index >= 15 is 0 Å². The molecule has 0 aliphatic heterocycles. The normalized spacial score (nSPS) is 11.3. The monoisotopic (exact) mass is 277 g/mol. The predicted molar refractivity (Wildman–Crippen MR) is 72.5 cm³/mol. The standard InChI is InChI=1S/C13H12ClN3O2/c14-10-4-1-5-11(7-10)19-8-9-3-2-6-16-12(9)13(15)17-18/h1-7,18H,8H2,(H2,15,17). The van der Waals surface area contributed by atoms with Crippen molar-refractivity contribution in [3.05, 3.63) is 58.9 Å². The van der Waals surface area contributed by atoms with Crippen LogP contribution in [-0.4, -0.2) is 16.0 Å². The summed E-state index contributed by atoms with van der Waals surface area (Å²) in [6.45, 7) is 0.250. The van der Waals surface area contributed by atoms with Crippen LogP contribution in [-0.2, 0) is 6.61 Å². The van der Waals surface area contributed by atoms with E-state index in [9.17, 15) is 0 Å². The molecule has 0 spiro atoms. The summed E-state index contributed by atoms with van der Waals surface area (Å²) < 4.78 is 5.59. The van der Waals surface area contributed by atoms with Crippen molar-refractivity contribution in [2.45, 2.75) is 6.61 Å². The lowest BCUT2D eigenvalue weighted by Crippen LogP contribution is -2.18. The Balaban J connectivity index is 2.16. The predicted octanol–water partition coefficient (Wildman–Crippen LogP) is 2.41. The number of hydrogen-bond donors (Lipinski definition) is 2. The molecule has 0 amide bonds. The fraction of sp³-hybridized carbons (Fsp3) is 0.0769. The van der Waals surface area contributed by atoms with Gasteiger partial charge >= 0.3 is 0 Å². The molecule has 2 rings (SSSR count). The van der Waals surface area contributed by atoms with Gasteiger partial charge in [0.2, 0.25) is 0 Å². The van der Waals surface area contributed by atoms with Gasteiger partial charge in [-0.3, -0.25) is 4.98 Å². The van der Waals surface area contributed by atoms with E-state index in [1.165, 1.54) is 0 Å². The molecule has 1 heterocycles. The number of hydrogen-bond acceptors (Lipinski definition) is 4. The third-order valence-electron chi connectivity index (χ3n) is 2.43. The zero-order chi connectivity index (χ0) is 13.7. The highest BCUT2D eigenvalue weighted by Gasteiger charge is 2.08. The third kappa shape index (κ3) is 3.35. The van der Waals surface area contributed by atoms with E-state index in [1.54, 1.807) is 42.6 Å². The van der Waals surface area contributed by atoms with Gasteiger partial charge in [0.05, 0.1) is 0 Å². The highest BCUT2D eigenvalue weighted by molar-refractivity contribution is 6.30. The highest BCUT2D eigenvalue weighted by Crippen LogP contribution is 2.18. The van der Waals surface area contributed by atoms with Crippen LogP contribution >= 0.6 is 11.6 Å². The molecule has 0 saturated heterocycles. The van der Waals surface area contributed by atoms with Gasteiger partial charge in [0.1, 0.15) is 18.1 Å². The minimum atomic E-state index is -0.0507. The highest BCUT2D eigenvalue weighted by atomic mass is 35.5. The van der Waals surface area contributed by atoms with E-state index in [0.717, 1.165) is 5.56 Å². The van der Waals surface area contributed by atoms with Crippen molar-refractivity contribution in [1.82, 2.24) is 4.98 Å². The number of benzene rings is 1. The molecule has 0 bridgehead atoms. The molecule has 1 aromatic carbocycles. The Bertz CT molecular complexity index is 602. The van der Waals surface area contributed by atoms with Gasteiger partial charge in [0.25, 0.3) is 0 Å². The van der Waals surface area contributed by atoms with E-state index in [4.69, 9.17) is 27.3 Å². The summed E-state index contributed by atoms with van der Waals surface area (Å²) in [6, 6.07) is 10.6. The lowest BCUT2D eigenvalue weighted by atomic mass is 10.2. The van der Waals surface area contributed by atoms with Crippen LogP contribution < -0.4 is 10.5 Å². The number of aromatic nitrogens is 1. The van der Waals surface area contributed by atoms with Crippen LogP contribution in [0.5, 0.6) is 5.75 Å². The number of nitrogens with zero attached hydrogens (tertiary/aromatic N) is 2. The van der Waals surface area contributed by atoms with Crippen molar-refractivity contribution in [2.24, 2.45) is 10.9 Å². The summed E-state index contributed by atoms with van der Waals surface area (Å²) in [7, 11) is 0. The average Bonchev–Trinajstić information content (AvgIpc) is 2.45. The van der Waals surface area contributed by atoms with E-state index in [1.807, 2.05) is 0 Å². The molecule has 5 nitrogen and oxygen atoms in total. The molecule has 1 aromatic heterocycles. The number of nitrogens with two attached hydrogens (primary N) is 1. The molecule has 19 heavy (non-hydrogen) atoms. The number of oxime groups is 1. The first-order chi connectivity index (χ1) is 9.20. The van der Waals surface area contributed by atoms with Crippen molar-refractivity contribution < 1.29 is 9.94 Å². The first-order valence-electron chi connectivity index (χ1n) is 5.51. The maximum absolute atomic E-state index is 8.70. The quantitative estimate of drug-likeness (QED) is 0.389. The molecule has 0 aliphatic rings. The first-order valence-corrected chi connectivity index (χ1v) is 5.88. The summed E-state index contributed by atoms with van der Waals surface area (Å²) in [4.78, 5) is 4.06. The van der Waals surface area contributed by atoms with Crippen molar-refractivity contribution >= 4 is 17.4 Å². The van der Waals surface area contributed by atoms with Gasteiger partial charge < -0.3 is 15.7 Å². The zero-order valence-corrected chi connectivity index (χ0v) is 10.7. The summed E-state index contributed by atoms with van der Waals surface area (Å²) >= 11 is 5.87. The largest absolute Gasteiger partial charge is 0.489 e. The van der Waals surface area contributed by atoms with Gasteiger partial charge in [-0.2, -0.15) is 0 Å². The molecular weight excluding hydrogens is 266 g/mol. The third-order valence-corrected chi connectivity index (χ3v) is 2.67. The minimum absolute atomic E-state index is 0.0507. The molecule has 0 atom stereocenters. The van der Waals surface area contributed by atoms with Crippen LogP contribution in [0.15, 0.2) is 47.8 Å². The Morgan fingerprint density at radius 1 is 1.37 bits per heavy atom. The molecule has 3 N–H and O–H groups in total. The number of pyridine rings is 1. The van der Waals surface area contributed by atoms with Crippen LogP contribution in [0.2, 0.25) is 5.02 Å². The van der Waals surface area contributed by atoms with Crippen molar-refractivity contribution in [1.29, 1.82) is 0 Å². The Morgan fingerprint density at radius 3 is 2.95 bits per heavy atom. The van der Waals surface area contributed by atoms with E-state index in [2.05, 4.69) is 10.1 Å². The topological polar surface area (TPSA) is 80.7 Å². The lowest BCUT2D eigenvalue weighted by molar-refractivity contribution is 0.304. The van der Waals surface area contributed by atoms with Crippen LogP contribution in [0.3, 0.4) is 0 Å². The number of rotatable bonds is 4. The second kappa shape index (κ2) is 6.06. The summed E-state index contributed by atoms with van der Waals surface area (Å²) in [6.07, 6.45) is 1.57. The van der Waals surface area contributed by atoms with Crippen LogP contribution in [0.1, 0.15) is 11.3 Å². The summed E-state index contributed by atoms with van der Waals surface area (Å²) in [5.74, 6) is 0.590. The Labute approximate surface area is 115 Å². The first kappa shape index (κ1) is 13.2. The van der Waals surface area contributed by atoms with Gasteiger partial charge in [0.15, 0.2) is 5.84 Å². The Kier molecular flexibility index (Phi) is 4.20. The summed E-state index contributed by atoms with van der Waals surface area (Å²) in [5.41, 5.74) is 6.66. The molecule has 0 fully saturated rings. The minimum Gasteiger partial charge on any atom is -0.489 e. The van der Waals surface area contributed by atoms with E-state index in [0.29, 0.717) is 16.5 Å². The van der Waals surface area contributed by atoms with Gasteiger partial charge in [-0.15, -0.1) is 0 Å². The molecule has 0 aliphatic carbocycles. The van der Waals surface area contributed by atoms with Crippen molar-refractivity contribution in [2.75, 3.05) is 0 Å².